The Bertz CT molecular complexity index is 1320. The van der Waals surface area contributed by atoms with Crippen LogP contribution in [0.15, 0.2) is 36.4 Å². The molecule has 0 radical (unpaired) electrons. The van der Waals surface area contributed by atoms with Gasteiger partial charge in [-0.1, -0.05) is 0 Å². The smallest absolute Gasteiger partial charge is 0.387 e. The van der Waals surface area contributed by atoms with Gasteiger partial charge in [-0.25, -0.2) is 4.79 Å². The van der Waals surface area contributed by atoms with Gasteiger partial charge in [-0.2, -0.15) is 8.78 Å². The fourth-order valence-electron chi connectivity index (χ4n) is 3.73. The second kappa shape index (κ2) is 9.09. The zero-order valence-corrected chi connectivity index (χ0v) is 17.9. The molecule has 1 unspecified atom stereocenters. The Morgan fingerprint density at radius 3 is 2.14 bits per heavy atom. The number of alkyl halides is 2. The first kappa shape index (κ1) is 24.3. The predicted molar refractivity (Wildman–Crippen MR) is 114 cm³/mol. The standard InChI is InChI=1S/C23H18F2O11/c24-23(25)36-17-4-9(3-15(30)20(17)32)22(33)35-18-7-11-12(27)5-10(26)6-16(11)34-21(18)8-1-13(28)19(31)14(29)2-8/h1-6,18,21,23,26-32H,7H2/t18?,21-/m1/s1. The molecule has 0 amide bonds. The van der Waals surface area contributed by atoms with Gasteiger partial charge in [0.15, 0.2) is 34.9 Å². The summed E-state index contributed by atoms with van der Waals surface area (Å²) in [6.45, 7) is -3.37. The number of aromatic hydroxyl groups is 7. The Morgan fingerprint density at radius 2 is 1.50 bits per heavy atom. The van der Waals surface area contributed by atoms with E-state index in [0.717, 1.165) is 24.3 Å². The van der Waals surface area contributed by atoms with Crippen LogP contribution < -0.4 is 9.47 Å². The normalized spacial score (nSPS) is 16.8. The summed E-state index contributed by atoms with van der Waals surface area (Å²) in [6, 6.07) is 5.70. The highest BCUT2D eigenvalue weighted by atomic mass is 19.3. The second-order valence-electron chi connectivity index (χ2n) is 7.76. The van der Waals surface area contributed by atoms with Gasteiger partial charge in [-0.15, -0.1) is 0 Å². The molecule has 0 saturated heterocycles. The number of ether oxygens (including phenoxy) is 3. The Morgan fingerprint density at radius 1 is 0.861 bits per heavy atom. The Labute approximate surface area is 200 Å². The molecule has 1 aliphatic rings. The highest BCUT2D eigenvalue weighted by Crippen LogP contribution is 2.46. The molecule has 13 heteroatoms. The maximum atomic E-state index is 12.9. The van der Waals surface area contributed by atoms with Crippen molar-refractivity contribution in [1.82, 2.24) is 0 Å². The molecule has 11 nitrogen and oxygen atoms in total. The molecule has 0 spiro atoms. The van der Waals surface area contributed by atoms with E-state index >= 15 is 0 Å². The van der Waals surface area contributed by atoms with Crippen molar-refractivity contribution in [2.24, 2.45) is 0 Å². The number of hydrogen-bond donors (Lipinski definition) is 7. The van der Waals surface area contributed by atoms with Crippen molar-refractivity contribution in [2.45, 2.75) is 25.2 Å². The van der Waals surface area contributed by atoms with Crippen molar-refractivity contribution in [3.63, 3.8) is 0 Å². The first-order valence-electron chi connectivity index (χ1n) is 10.1. The van der Waals surface area contributed by atoms with Crippen LogP contribution in [0.2, 0.25) is 0 Å². The predicted octanol–water partition coefficient (Wildman–Crippen LogP) is 3.13. The number of esters is 1. The third kappa shape index (κ3) is 4.58. The van der Waals surface area contributed by atoms with Crippen LogP contribution in [0.5, 0.6) is 51.7 Å². The number of phenols is 7. The monoisotopic (exact) mass is 508 g/mol. The van der Waals surface area contributed by atoms with Gasteiger partial charge in [-0.3, -0.25) is 0 Å². The highest BCUT2D eigenvalue weighted by molar-refractivity contribution is 5.91. The number of benzene rings is 3. The summed E-state index contributed by atoms with van der Waals surface area (Å²) in [5.74, 6) is -7.04. The molecular weight excluding hydrogens is 490 g/mol. The van der Waals surface area contributed by atoms with Crippen molar-refractivity contribution < 1.29 is 63.5 Å². The lowest BCUT2D eigenvalue weighted by Crippen LogP contribution is -2.34. The van der Waals surface area contributed by atoms with Crippen LogP contribution in [0.3, 0.4) is 0 Å². The summed E-state index contributed by atoms with van der Waals surface area (Å²) in [5.41, 5.74) is -0.342. The van der Waals surface area contributed by atoms with Crippen LogP contribution in [-0.2, 0) is 11.2 Å². The van der Waals surface area contributed by atoms with Crippen molar-refractivity contribution in [3.05, 3.63) is 53.1 Å². The number of carbonyl (C=O) groups excluding carboxylic acids is 1. The van der Waals surface area contributed by atoms with E-state index in [-0.39, 0.29) is 29.0 Å². The van der Waals surface area contributed by atoms with E-state index in [1.165, 1.54) is 6.07 Å². The summed E-state index contributed by atoms with van der Waals surface area (Å²) in [4.78, 5) is 12.9. The fourth-order valence-corrected chi connectivity index (χ4v) is 3.73. The number of fused-ring (bicyclic) bond motifs is 1. The van der Waals surface area contributed by atoms with Gasteiger partial charge >= 0.3 is 12.6 Å². The first-order valence-corrected chi connectivity index (χ1v) is 10.1. The van der Waals surface area contributed by atoms with Crippen molar-refractivity contribution in [1.29, 1.82) is 0 Å². The van der Waals surface area contributed by atoms with E-state index in [9.17, 15) is 49.3 Å². The number of halogens is 2. The lowest BCUT2D eigenvalue weighted by Gasteiger charge is -2.34. The maximum absolute atomic E-state index is 12.9. The lowest BCUT2D eigenvalue weighted by molar-refractivity contribution is -0.0515. The molecule has 1 aliphatic heterocycles. The quantitative estimate of drug-likeness (QED) is 0.198. The van der Waals surface area contributed by atoms with Crippen molar-refractivity contribution in [3.8, 4) is 51.7 Å². The number of rotatable bonds is 5. The molecule has 36 heavy (non-hydrogen) atoms. The van der Waals surface area contributed by atoms with Crippen LogP contribution in [-0.4, -0.2) is 54.4 Å². The second-order valence-corrected chi connectivity index (χ2v) is 7.76. The Balaban J connectivity index is 1.73. The summed E-state index contributed by atoms with van der Waals surface area (Å²) >= 11 is 0. The molecule has 2 atom stereocenters. The van der Waals surface area contributed by atoms with E-state index in [4.69, 9.17) is 9.47 Å². The maximum Gasteiger partial charge on any atom is 0.387 e. The lowest BCUT2D eigenvalue weighted by atomic mass is 9.93. The molecule has 3 aromatic rings. The van der Waals surface area contributed by atoms with E-state index < -0.39 is 70.6 Å². The zero-order chi connectivity index (χ0) is 26.3. The van der Waals surface area contributed by atoms with Crippen LogP contribution in [0.1, 0.15) is 27.6 Å². The van der Waals surface area contributed by atoms with Crippen molar-refractivity contribution >= 4 is 5.97 Å². The number of hydrogen-bond acceptors (Lipinski definition) is 11. The first-order chi connectivity index (χ1) is 16.9. The minimum Gasteiger partial charge on any atom is -0.508 e. The third-order valence-corrected chi connectivity index (χ3v) is 5.35. The molecule has 1 heterocycles. The summed E-state index contributed by atoms with van der Waals surface area (Å²) < 4.78 is 40.6. The molecule has 3 aromatic carbocycles. The topological polar surface area (TPSA) is 186 Å². The Hall–Kier alpha value is -4.81. The van der Waals surface area contributed by atoms with Gasteiger partial charge in [0.1, 0.15) is 23.4 Å². The Kier molecular flexibility index (Phi) is 6.14. The summed E-state index contributed by atoms with van der Waals surface area (Å²) in [5, 5.41) is 69.0. The van der Waals surface area contributed by atoms with E-state index in [1.54, 1.807) is 0 Å². The van der Waals surface area contributed by atoms with Gasteiger partial charge in [0.2, 0.25) is 5.75 Å². The minimum absolute atomic E-state index is 0.00764. The van der Waals surface area contributed by atoms with E-state index in [2.05, 4.69) is 4.74 Å². The van der Waals surface area contributed by atoms with Crippen LogP contribution in [0.25, 0.3) is 0 Å². The largest absolute Gasteiger partial charge is 0.508 e. The molecular formula is C23H18F2O11. The molecule has 0 aromatic heterocycles. The molecule has 0 saturated carbocycles. The average molecular weight is 508 g/mol. The van der Waals surface area contributed by atoms with Crippen molar-refractivity contribution in [2.75, 3.05) is 0 Å². The van der Waals surface area contributed by atoms with E-state index in [1.807, 2.05) is 0 Å². The molecule has 7 N–H and O–H groups in total. The molecule has 190 valence electrons. The average Bonchev–Trinajstić information content (AvgIpc) is 2.79. The number of carbonyl (C=O) groups is 1. The molecule has 4 rings (SSSR count). The summed E-state index contributed by atoms with van der Waals surface area (Å²) in [6.07, 6.45) is -2.79. The molecule has 0 bridgehead atoms. The molecule has 0 fully saturated rings. The van der Waals surface area contributed by atoms with Crippen LogP contribution in [0.4, 0.5) is 8.78 Å². The van der Waals surface area contributed by atoms with Gasteiger partial charge in [0.05, 0.1) is 5.56 Å². The zero-order valence-electron chi connectivity index (χ0n) is 17.9. The van der Waals surface area contributed by atoms with Crippen LogP contribution >= 0.6 is 0 Å². The fraction of sp³-hybridized carbons (Fsp3) is 0.174. The highest BCUT2D eigenvalue weighted by Gasteiger charge is 2.37. The van der Waals surface area contributed by atoms with Gasteiger partial charge < -0.3 is 50.0 Å². The third-order valence-electron chi connectivity index (χ3n) is 5.35. The van der Waals surface area contributed by atoms with E-state index in [0.29, 0.717) is 6.07 Å². The minimum atomic E-state index is -3.37. The number of phenolic OH excluding ortho intramolecular Hbond substituents is 7. The van der Waals surface area contributed by atoms with Gasteiger partial charge in [-0.05, 0) is 24.3 Å². The van der Waals surface area contributed by atoms with Crippen LogP contribution in [0, 0.1) is 0 Å². The summed E-state index contributed by atoms with van der Waals surface area (Å²) in [7, 11) is 0. The SMILES string of the molecule is O=C(OC1Cc2c(O)cc(O)cc2O[C@@H]1c1cc(O)c(O)c(O)c1)c1cc(O)c(O)c(OC(F)F)c1. The molecule has 0 aliphatic carbocycles. The van der Waals surface area contributed by atoms with Gasteiger partial charge in [0, 0.05) is 29.7 Å². The van der Waals surface area contributed by atoms with Gasteiger partial charge in [0.25, 0.3) is 0 Å².